The Bertz CT molecular complexity index is 705. The molecular weight excluding hydrogens is 346 g/mol. The third kappa shape index (κ3) is 3.43. The second kappa shape index (κ2) is 6.56. The molecule has 21 heavy (non-hydrogen) atoms. The summed E-state index contributed by atoms with van der Waals surface area (Å²) in [7, 11) is 2.03. The van der Waals surface area contributed by atoms with Crippen molar-refractivity contribution in [3.63, 3.8) is 0 Å². The number of imidazole rings is 1. The Balaban J connectivity index is 1.84. The Labute approximate surface area is 136 Å². The highest BCUT2D eigenvalue weighted by Crippen LogP contribution is 2.23. The molecule has 1 N–H and O–H groups in total. The molecule has 0 radical (unpaired) electrons. The molecule has 0 amide bonds. The normalized spacial score (nSPS) is 12.5. The molecule has 0 unspecified atom stereocenters. The number of aromatic nitrogens is 2. The average Bonchev–Trinajstić information content (AvgIpc) is 3.10. The summed E-state index contributed by atoms with van der Waals surface area (Å²) < 4.78 is 3.22. The van der Waals surface area contributed by atoms with Crippen LogP contribution < -0.4 is 5.32 Å². The van der Waals surface area contributed by atoms with Crippen LogP contribution in [0.25, 0.3) is 0 Å². The minimum Gasteiger partial charge on any atom is -0.336 e. The van der Waals surface area contributed by atoms with Crippen molar-refractivity contribution in [3.8, 4) is 0 Å². The number of nitrogens with one attached hydrogen (secondary N) is 1. The molecule has 3 rings (SSSR count). The van der Waals surface area contributed by atoms with Gasteiger partial charge in [-0.3, -0.25) is 5.32 Å². The van der Waals surface area contributed by atoms with Crippen molar-refractivity contribution in [2.75, 3.05) is 0 Å². The van der Waals surface area contributed by atoms with Gasteiger partial charge in [-0.15, -0.1) is 11.3 Å². The van der Waals surface area contributed by atoms with Gasteiger partial charge >= 0.3 is 0 Å². The molecule has 0 fully saturated rings. The average molecular weight is 362 g/mol. The van der Waals surface area contributed by atoms with Crippen LogP contribution in [0.3, 0.4) is 0 Å². The van der Waals surface area contributed by atoms with Crippen LogP contribution in [0.4, 0.5) is 0 Å². The molecule has 2 aromatic heterocycles. The van der Waals surface area contributed by atoms with Crippen LogP contribution in [-0.4, -0.2) is 9.55 Å². The second-order valence-corrected chi connectivity index (χ2v) is 7.17. The monoisotopic (exact) mass is 361 g/mol. The number of hydrogen-bond acceptors (Lipinski definition) is 3. The fourth-order valence-electron chi connectivity index (χ4n) is 2.32. The van der Waals surface area contributed by atoms with E-state index in [1.807, 2.05) is 25.5 Å². The van der Waals surface area contributed by atoms with Gasteiger partial charge in [-0.25, -0.2) is 4.98 Å². The predicted octanol–water partition coefficient (Wildman–Crippen LogP) is 4.12. The molecule has 0 saturated heterocycles. The third-order valence-electron chi connectivity index (χ3n) is 3.38. The van der Waals surface area contributed by atoms with Crippen molar-refractivity contribution in [3.05, 3.63) is 74.9 Å². The van der Waals surface area contributed by atoms with Crippen LogP contribution in [0, 0.1) is 0 Å². The maximum Gasteiger partial charge on any atom is 0.130 e. The van der Waals surface area contributed by atoms with E-state index < -0.39 is 0 Å². The van der Waals surface area contributed by atoms with E-state index in [9.17, 15) is 0 Å². The fourth-order valence-corrected chi connectivity index (χ4v) is 3.53. The van der Waals surface area contributed by atoms with Crippen molar-refractivity contribution in [1.82, 2.24) is 14.9 Å². The number of aryl methyl sites for hydroxylation is 1. The lowest BCUT2D eigenvalue weighted by Gasteiger charge is -2.19. The van der Waals surface area contributed by atoms with E-state index in [1.165, 1.54) is 11.1 Å². The number of hydrogen-bond donors (Lipinski definition) is 1. The Hall–Kier alpha value is -1.43. The van der Waals surface area contributed by atoms with Gasteiger partial charge in [0.25, 0.3) is 0 Å². The van der Waals surface area contributed by atoms with Crippen LogP contribution >= 0.6 is 27.3 Å². The van der Waals surface area contributed by atoms with Crippen molar-refractivity contribution >= 4 is 27.3 Å². The van der Waals surface area contributed by atoms with Crippen LogP contribution in [-0.2, 0) is 13.6 Å². The largest absolute Gasteiger partial charge is 0.336 e. The maximum absolute atomic E-state index is 4.50. The number of halogens is 1. The van der Waals surface area contributed by atoms with Gasteiger partial charge in [0.2, 0.25) is 0 Å². The first-order valence-corrected chi connectivity index (χ1v) is 8.40. The summed E-state index contributed by atoms with van der Waals surface area (Å²) >= 11 is 5.22. The lowest BCUT2D eigenvalue weighted by Crippen LogP contribution is -2.24. The smallest absolute Gasteiger partial charge is 0.130 e. The summed E-state index contributed by atoms with van der Waals surface area (Å²) in [6.45, 7) is 0.814. The zero-order valence-corrected chi connectivity index (χ0v) is 14.1. The lowest BCUT2D eigenvalue weighted by molar-refractivity contribution is 0.559. The van der Waals surface area contributed by atoms with Gasteiger partial charge in [0, 0.05) is 26.0 Å². The third-order valence-corrected chi connectivity index (χ3v) is 4.93. The number of nitrogens with zero attached hydrogens (tertiary/aromatic N) is 2. The first-order valence-electron chi connectivity index (χ1n) is 6.72. The van der Waals surface area contributed by atoms with Crippen LogP contribution in [0.5, 0.6) is 0 Å². The van der Waals surface area contributed by atoms with Gasteiger partial charge in [0.15, 0.2) is 0 Å². The first-order chi connectivity index (χ1) is 10.2. The summed E-state index contributed by atoms with van der Waals surface area (Å²) in [5.74, 6) is 1.02. The molecule has 0 aliphatic carbocycles. The second-order valence-electron chi connectivity index (χ2n) is 4.88. The van der Waals surface area contributed by atoms with Gasteiger partial charge in [-0.05, 0) is 38.5 Å². The van der Waals surface area contributed by atoms with Gasteiger partial charge in [-0.2, -0.15) is 0 Å². The Kier molecular flexibility index (Phi) is 4.53. The van der Waals surface area contributed by atoms with Crippen molar-refractivity contribution in [1.29, 1.82) is 0 Å². The summed E-state index contributed by atoms with van der Waals surface area (Å²) in [6.07, 6.45) is 3.82. The zero-order chi connectivity index (χ0) is 14.7. The maximum atomic E-state index is 4.50. The van der Waals surface area contributed by atoms with Crippen LogP contribution in [0.1, 0.15) is 23.0 Å². The minimum absolute atomic E-state index is 0.0878. The molecule has 0 aliphatic rings. The van der Waals surface area contributed by atoms with Gasteiger partial charge in [0.1, 0.15) is 5.82 Å². The molecule has 1 atom stereocenters. The van der Waals surface area contributed by atoms with E-state index in [0.29, 0.717) is 0 Å². The molecule has 3 nitrogen and oxygen atoms in total. The van der Waals surface area contributed by atoms with Gasteiger partial charge in [-0.1, -0.05) is 30.3 Å². The highest BCUT2D eigenvalue weighted by Gasteiger charge is 2.17. The molecular formula is C16H16BrN3S. The first kappa shape index (κ1) is 14.5. The molecule has 1 aromatic carbocycles. The quantitative estimate of drug-likeness (QED) is 0.740. The summed E-state index contributed by atoms with van der Waals surface area (Å²) in [5, 5.41) is 5.78. The number of benzene rings is 1. The highest BCUT2D eigenvalue weighted by molar-refractivity contribution is 9.11. The van der Waals surface area contributed by atoms with E-state index in [-0.39, 0.29) is 6.04 Å². The van der Waals surface area contributed by atoms with Gasteiger partial charge < -0.3 is 4.57 Å². The SMILES string of the molecule is Cn1ccnc1[C@H](NCc1csc(Br)c1)c1ccccc1. The summed E-state index contributed by atoms with van der Waals surface area (Å²) in [6, 6.07) is 12.7. The zero-order valence-electron chi connectivity index (χ0n) is 11.7. The Morgan fingerprint density at radius 3 is 2.76 bits per heavy atom. The van der Waals surface area contributed by atoms with Crippen molar-refractivity contribution < 1.29 is 0 Å². The van der Waals surface area contributed by atoms with E-state index >= 15 is 0 Å². The van der Waals surface area contributed by atoms with E-state index in [4.69, 9.17) is 0 Å². The molecule has 0 spiro atoms. The fraction of sp³-hybridized carbons (Fsp3) is 0.188. The molecule has 0 saturated carbocycles. The van der Waals surface area contributed by atoms with Gasteiger partial charge in [0.05, 0.1) is 9.83 Å². The van der Waals surface area contributed by atoms with Crippen LogP contribution in [0.2, 0.25) is 0 Å². The van der Waals surface area contributed by atoms with E-state index in [2.05, 4.69) is 66.5 Å². The van der Waals surface area contributed by atoms with Crippen molar-refractivity contribution in [2.24, 2.45) is 7.05 Å². The molecule has 0 bridgehead atoms. The Morgan fingerprint density at radius 2 is 2.14 bits per heavy atom. The van der Waals surface area contributed by atoms with Crippen molar-refractivity contribution in [2.45, 2.75) is 12.6 Å². The Morgan fingerprint density at radius 1 is 1.33 bits per heavy atom. The van der Waals surface area contributed by atoms with Crippen LogP contribution in [0.15, 0.2) is 58.0 Å². The van der Waals surface area contributed by atoms with E-state index in [1.54, 1.807) is 11.3 Å². The molecule has 108 valence electrons. The lowest BCUT2D eigenvalue weighted by atomic mass is 10.1. The summed E-state index contributed by atoms with van der Waals surface area (Å²) in [4.78, 5) is 4.50. The molecule has 2 heterocycles. The summed E-state index contributed by atoms with van der Waals surface area (Å²) in [5.41, 5.74) is 2.50. The standard InChI is InChI=1S/C16H16BrN3S/c1-20-8-7-18-16(20)15(13-5-3-2-4-6-13)19-10-12-9-14(17)21-11-12/h2-9,11,15,19H,10H2,1H3/t15-/m1/s1. The molecule has 5 heteroatoms. The predicted molar refractivity (Wildman–Crippen MR) is 90.4 cm³/mol. The highest BCUT2D eigenvalue weighted by atomic mass is 79.9. The molecule has 0 aliphatic heterocycles. The number of thiophene rings is 1. The topological polar surface area (TPSA) is 29.9 Å². The minimum atomic E-state index is 0.0878. The molecule has 3 aromatic rings. The number of rotatable bonds is 5. The van der Waals surface area contributed by atoms with E-state index in [0.717, 1.165) is 16.2 Å².